The SMILES string of the molecule is O[C@@H]1C[C@H]2CNC[C@H]2C1. The molecule has 9 heavy (non-hydrogen) atoms. The van der Waals surface area contributed by atoms with E-state index >= 15 is 0 Å². The quantitative estimate of drug-likeness (QED) is 0.479. The highest BCUT2D eigenvalue weighted by molar-refractivity contribution is 4.90. The predicted octanol–water partition coefficient (Wildman–Crippen LogP) is -0.0233. The van der Waals surface area contributed by atoms with E-state index in [0.717, 1.165) is 37.8 Å². The summed E-state index contributed by atoms with van der Waals surface area (Å²) in [4.78, 5) is 0. The van der Waals surface area contributed by atoms with Crippen LogP contribution < -0.4 is 5.32 Å². The van der Waals surface area contributed by atoms with Crippen molar-refractivity contribution >= 4 is 0 Å². The molecule has 0 unspecified atom stereocenters. The third kappa shape index (κ3) is 0.864. The molecule has 0 amide bonds. The van der Waals surface area contributed by atoms with E-state index < -0.39 is 0 Å². The standard InChI is InChI=1S/C7H13NO/c9-7-1-5-3-8-4-6(5)2-7/h5-9H,1-4H2/t5-,6+,7+. The number of nitrogens with one attached hydrogen (secondary N) is 1. The average Bonchev–Trinajstić information content (AvgIpc) is 2.22. The zero-order valence-electron chi connectivity index (χ0n) is 5.51. The van der Waals surface area contributed by atoms with Gasteiger partial charge in [0.1, 0.15) is 0 Å². The smallest absolute Gasteiger partial charge is 0.0546 e. The minimum Gasteiger partial charge on any atom is -0.393 e. The van der Waals surface area contributed by atoms with Crippen molar-refractivity contribution in [3.63, 3.8) is 0 Å². The number of aliphatic hydroxyl groups excluding tert-OH is 1. The summed E-state index contributed by atoms with van der Waals surface area (Å²) < 4.78 is 0. The Morgan fingerprint density at radius 2 is 1.67 bits per heavy atom. The van der Waals surface area contributed by atoms with Gasteiger partial charge < -0.3 is 10.4 Å². The highest BCUT2D eigenvalue weighted by Gasteiger charge is 2.35. The van der Waals surface area contributed by atoms with Crippen molar-refractivity contribution in [3.8, 4) is 0 Å². The molecule has 0 spiro atoms. The van der Waals surface area contributed by atoms with Crippen molar-refractivity contribution in [2.75, 3.05) is 13.1 Å². The first-order valence-electron chi connectivity index (χ1n) is 3.75. The van der Waals surface area contributed by atoms with Crippen LogP contribution in [0.25, 0.3) is 0 Å². The fourth-order valence-electron chi connectivity index (χ4n) is 2.13. The Morgan fingerprint density at radius 1 is 1.11 bits per heavy atom. The Balaban J connectivity index is 2.02. The van der Waals surface area contributed by atoms with Gasteiger partial charge in [-0.3, -0.25) is 0 Å². The van der Waals surface area contributed by atoms with E-state index in [1.54, 1.807) is 0 Å². The molecule has 2 N–H and O–H groups in total. The molecule has 0 aromatic rings. The molecule has 1 saturated carbocycles. The normalized spacial score (nSPS) is 49.7. The summed E-state index contributed by atoms with van der Waals surface area (Å²) in [5.74, 6) is 1.58. The predicted molar refractivity (Wildman–Crippen MR) is 35.1 cm³/mol. The molecule has 0 aromatic carbocycles. The van der Waals surface area contributed by atoms with Gasteiger partial charge in [0.2, 0.25) is 0 Å². The lowest BCUT2D eigenvalue weighted by Gasteiger charge is -2.02. The molecule has 2 aliphatic rings. The molecule has 3 atom stereocenters. The highest BCUT2D eigenvalue weighted by Crippen LogP contribution is 2.33. The average molecular weight is 127 g/mol. The first-order valence-corrected chi connectivity index (χ1v) is 3.75. The molecule has 2 heteroatoms. The van der Waals surface area contributed by atoms with Gasteiger partial charge in [-0.1, -0.05) is 0 Å². The minimum absolute atomic E-state index is 0.0158. The van der Waals surface area contributed by atoms with E-state index in [0.29, 0.717) is 0 Å². The van der Waals surface area contributed by atoms with Gasteiger partial charge in [0.05, 0.1) is 6.10 Å². The maximum atomic E-state index is 9.21. The number of hydrogen-bond acceptors (Lipinski definition) is 2. The van der Waals surface area contributed by atoms with Crippen LogP contribution in [0.1, 0.15) is 12.8 Å². The van der Waals surface area contributed by atoms with Gasteiger partial charge in [0.25, 0.3) is 0 Å². The summed E-state index contributed by atoms with van der Waals surface area (Å²) in [5, 5.41) is 12.5. The van der Waals surface area contributed by atoms with E-state index in [1.807, 2.05) is 0 Å². The lowest BCUT2D eigenvalue weighted by molar-refractivity contribution is 0.173. The summed E-state index contributed by atoms with van der Waals surface area (Å²) in [6.07, 6.45) is 2.09. The molecule has 1 saturated heterocycles. The lowest BCUT2D eigenvalue weighted by Crippen LogP contribution is -2.13. The van der Waals surface area contributed by atoms with Crippen molar-refractivity contribution in [1.29, 1.82) is 0 Å². The van der Waals surface area contributed by atoms with E-state index in [1.165, 1.54) is 0 Å². The van der Waals surface area contributed by atoms with Crippen LogP contribution in [-0.4, -0.2) is 24.3 Å². The Kier molecular flexibility index (Phi) is 1.24. The van der Waals surface area contributed by atoms with Crippen molar-refractivity contribution < 1.29 is 5.11 Å². The van der Waals surface area contributed by atoms with Crippen molar-refractivity contribution in [3.05, 3.63) is 0 Å². The largest absolute Gasteiger partial charge is 0.393 e. The van der Waals surface area contributed by atoms with Gasteiger partial charge >= 0.3 is 0 Å². The Labute approximate surface area is 55.3 Å². The number of rotatable bonds is 0. The minimum atomic E-state index is 0.0158. The van der Waals surface area contributed by atoms with E-state index in [4.69, 9.17) is 0 Å². The summed E-state index contributed by atoms with van der Waals surface area (Å²) in [6, 6.07) is 0. The molecule has 0 aromatic heterocycles. The summed E-state index contributed by atoms with van der Waals surface area (Å²) in [6.45, 7) is 2.28. The summed E-state index contributed by atoms with van der Waals surface area (Å²) in [5.41, 5.74) is 0. The Hall–Kier alpha value is -0.0800. The van der Waals surface area contributed by atoms with Crippen LogP contribution >= 0.6 is 0 Å². The number of aliphatic hydroxyl groups is 1. The monoisotopic (exact) mass is 127 g/mol. The van der Waals surface area contributed by atoms with Gasteiger partial charge in [0, 0.05) is 0 Å². The molecule has 0 radical (unpaired) electrons. The van der Waals surface area contributed by atoms with Crippen molar-refractivity contribution in [2.24, 2.45) is 11.8 Å². The highest BCUT2D eigenvalue weighted by atomic mass is 16.3. The van der Waals surface area contributed by atoms with Crippen LogP contribution in [0.3, 0.4) is 0 Å². The molecule has 1 aliphatic carbocycles. The fourth-order valence-corrected chi connectivity index (χ4v) is 2.13. The Morgan fingerprint density at radius 3 is 2.22 bits per heavy atom. The van der Waals surface area contributed by atoms with Crippen LogP contribution in [0, 0.1) is 11.8 Å². The molecule has 0 bridgehead atoms. The number of hydrogen-bond donors (Lipinski definition) is 2. The molecule has 52 valence electrons. The topological polar surface area (TPSA) is 32.3 Å². The van der Waals surface area contributed by atoms with Crippen LogP contribution in [0.5, 0.6) is 0 Å². The van der Waals surface area contributed by atoms with Crippen molar-refractivity contribution in [1.82, 2.24) is 5.32 Å². The van der Waals surface area contributed by atoms with Crippen LogP contribution in [0.15, 0.2) is 0 Å². The molecule has 1 heterocycles. The second kappa shape index (κ2) is 1.96. The van der Waals surface area contributed by atoms with Crippen molar-refractivity contribution in [2.45, 2.75) is 18.9 Å². The van der Waals surface area contributed by atoms with E-state index in [9.17, 15) is 5.11 Å². The lowest BCUT2D eigenvalue weighted by atomic mass is 10.0. The number of fused-ring (bicyclic) bond motifs is 1. The van der Waals surface area contributed by atoms with Crippen LogP contribution in [0.2, 0.25) is 0 Å². The maximum absolute atomic E-state index is 9.21. The summed E-state index contributed by atoms with van der Waals surface area (Å²) in [7, 11) is 0. The van der Waals surface area contributed by atoms with Crippen LogP contribution in [-0.2, 0) is 0 Å². The second-order valence-corrected chi connectivity index (χ2v) is 3.30. The molecule has 1 aliphatic heterocycles. The molecular weight excluding hydrogens is 114 g/mol. The van der Waals surface area contributed by atoms with Crippen LogP contribution in [0.4, 0.5) is 0 Å². The van der Waals surface area contributed by atoms with Gasteiger partial charge in [-0.25, -0.2) is 0 Å². The first kappa shape index (κ1) is 5.69. The van der Waals surface area contributed by atoms with E-state index in [2.05, 4.69) is 5.32 Å². The first-order chi connectivity index (χ1) is 4.36. The van der Waals surface area contributed by atoms with E-state index in [-0.39, 0.29) is 6.10 Å². The second-order valence-electron chi connectivity index (χ2n) is 3.30. The summed E-state index contributed by atoms with van der Waals surface area (Å²) >= 11 is 0. The molecular formula is C7H13NO. The molecule has 2 rings (SSSR count). The third-order valence-corrected chi connectivity index (χ3v) is 2.63. The zero-order valence-corrected chi connectivity index (χ0v) is 5.51. The Bertz CT molecular complexity index is 103. The van der Waals surface area contributed by atoms with Gasteiger partial charge in [0.15, 0.2) is 0 Å². The van der Waals surface area contributed by atoms with Gasteiger partial charge in [-0.2, -0.15) is 0 Å². The fraction of sp³-hybridized carbons (Fsp3) is 1.00. The van der Waals surface area contributed by atoms with Gasteiger partial charge in [-0.15, -0.1) is 0 Å². The molecule has 2 fully saturated rings. The van der Waals surface area contributed by atoms with Gasteiger partial charge in [-0.05, 0) is 37.8 Å². The molecule has 2 nitrogen and oxygen atoms in total. The zero-order chi connectivity index (χ0) is 6.27. The third-order valence-electron chi connectivity index (χ3n) is 2.63. The maximum Gasteiger partial charge on any atom is 0.0546 e.